The van der Waals surface area contributed by atoms with Gasteiger partial charge in [-0.15, -0.1) is 0 Å². The number of hydrogen-bond donors (Lipinski definition) is 2. The summed E-state index contributed by atoms with van der Waals surface area (Å²) in [4.78, 5) is 35.6. The number of nitro benzene ring substituents is 1. The SMILES string of the molecule is CC(=O)N/C(=C\c1cccc([N+](=O)[O-])c1)C(=O)NCCN(C)C. The Balaban J connectivity index is 2.96. The van der Waals surface area contributed by atoms with Gasteiger partial charge in [-0.1, -0.05) is 12.1 Å². The average molecular weight is 320 g/mol. The molecule has 1 aromatic rings. The first-order chi connectivity index (χ1) is 10.8. The summed E-state index contributed by atoms with van der Waals surface area (Å²) >= 11 is 0. The highest BCUT2D eigenvalue weighted by atomic mass is 16.6. The van der Waals surface area contributed by atoms with Crippen LogP contribution in [0.25, 0.3) is 6.08 Å². The van der Waals surface area contributed by atoms with Crippen molar-refractivity contribution in [2.24, 2.45) is 0 Å². The molecule has 0 radical (unpaired) electrons. The number of nitrogens with one attached hydrogen (secondary N) is 2. The summed E-state index contributed by atoms with van der Waals surface area (Å²) in [6, 6.07) is 5.81. The van der Waals surface area contributed by atoms with Crippen LogP contribution in [0.4, 0.5) is 5.69 Å². The highest BCUT2D eigenvalue weighted by Gasteiger charge is 2.12. The van der Waals surface area contributed by atoms with E-state index in [1.54, 1.807) is 6.07 Å². The number of rotatable bonds is 7. The Morgan fingerprint density at radius 1 is 1.35 bits per heavy atom. The van der Waals surface area contributed by atoms with Gasteiger partial charge in [0.2, 0.25) is 5.91 Å². The highest BCUT2D eigenvalue weighted by molar-refractivity contribution is 6.00. The van der Waals surface area contributed by atoms with Crippen LogP contribution < -0.4 is 10.6 Å². The number of carbonyl (C=O) groups is 2. The van der Waals surface area contributed by atoms with E-state index < -0.39 is 16.7 Å². The van der Waals surface area contributed by atoms with Gasteiger partial charge in [0, 0.05) is 32.1 Å². The maximum atomic E-state index is 12.1. The lowest BCUT2D eigenvalue weighted by Crippen LogP contribution is -2.37. The summed E-state index contributed by atoms with van der Waals surface area (Å²) in [6.07, 6.45) is 1.40. The number of non-ortho nitro benzene ring substituents is 1. The maximum Gasteiger partial charge on any atom is 0.270 e. The number of amides is 2. The first-order valence-corrected chi connectivity index (χ1v) is 6.96. The Labute approximate surface area is 134 Å². The van der Waals surface area contributed by atoms with Crippen LogP contribution in [-0.2, 0) is 9.59 Å². The molecular formula is C15H20N4O4. The summed E-state index contributed by atoms with van der Waals surface area (Å²) < 4.78 is 0. The number of hydrogen-bond acceptors (Lipinski definition) is 5. The summed E-state index contributed by atoms with van der Waals surface area (Å²) in [5.74, 6) is -0.849. The number of likely N-dealkylation sites (N-methyl/N-ethyl adjacent to an activating group) is 1. The smallest absolute Gasteiger partial charge is 0.270 e. The molecule has 0 aliphatic carbocycles. The summed E-state index contributed by atoms with van der Waals surface area (Å²) in [6.45, 7) is 2.35. The van der Waals surface area contributed by atoms with Crippen LogP contribution in [0.15, 0.2) is 30.0 Å². The van der Waals surface area contributed by atoms with Crippen molar-refractivity contribution in [3.63, 3.8) is 0 Å². The van der Waals surface area contributed by atoms with Crippen LogP contribution in [0.2, 0.25) is 0 Å². The standard InChI is InChI=1S/C15H20N4O4/c1-11(20)17-14(15(21)16-7-8-18(2)3)10-12-5-4-6-13(9-12)19(22)23/h4-6,9-10H,7-8H2,1-3H3,(H,16,21)(H,17,20)/b14-10-. The van der Waals surface area contributed by atoms with E-state index in [4.69, 9.17) is 0 Å². The molecule has 0 unspecified atom stereocenters. The van der Waals surface area contributed by atoms with Gasteiger partial charge in [0.15, 0.2) is 0 Å². The van der Waals surface area contributed by atoms with Crippen LogP contribution in [0, 0.1) is 10.1 Å². The third kappa shape index (κ3) is 6.70. The third-order valence-corrected chi connectivity index (χ3v) is 2.79. The van der Waals surface area contributed by atoms with Crippen molar-refractivity contribution in [1.29, 1.82) is 0 Å². The molecule has 1 rings (SSSR count). The second kappa shape index (κ2) is 8.64. The van der Waals surface area contributed by atoms with Crippen molar-refractivity contribution in [2.45, 2.75) is 6.92 Å². The van der Waals surface area contributed by atoms with E-state index >= 15 is 0 Å². The molecule has 2 N–H and O–H groups in total. The van der Waals surface area contributed by atoms with Crippen molar-refractivity contribution < 1.29 is 14.5 Å². The largest absolute Gasteiger partial charge is 0.349 e. The van der Waals surface area contributed by atoms with Crippen LogP contribution in [-0.4, -0.2) is 48.8 Å². The van der Waals surface area contributed by atoms with Crippen molar-refractivity contribution >= 4 is 23.6 Å². The predicted octanol–water partition coefficient (Wildman–Crippen LogP) is 0.750. The monoisotopic (exact) mass is 320 g/mol. The third-order valence-electron chi connectivity index (χ3n) is 2.79. The first kappa shape index (κ1) is 18.3. The van der Waals surface area contributed by atoms with E-state index in [0.717, 1.165) is 0 Å². The minimum Gasteiger partial charge on any atom is -0.349 e. The Morgan fingerprint density at radius 3 is 2.61 bits per heavy atom. The first-order valence-electron chi connectivity index (χ1n) is 6.96. The van der Waals surface area contributed by atoms with Gasteiger partial charge >= 0.3 is 0 Å². The fourth-order valence-electron chi connectivity index (χ4n) is 1.73. The molecule has 0 bridgehead atoms. The molecule has 0 fully saturated rings. The Kier molecular flexibility index (Phi) is 6.88. The molecule has 0 atom stereocenters. The minimum absolute atomic E-state index is 0.0387. The summed E-state index contributed by atoms with van der Waals surface area (Å²) in [5, 5.41) is 15.9. The molecule has 0 aromatic heterocycles. The molecule has 1 aromatic carbocycles. The summed E-state index contributed by atoms with van der Waals surface area (Å²) in [5.41, 5.74) is 0.399. The molecule has 8 nitrogen and oxygen atoms in total. The van der Waals surface area contributed by atoms with Gasteiger partial charge in [0.25, 0.3) is 11.6 Å². The molecule has 0 saturated heterocycles. The normalized spacial score (nSPS) is 11.2. The maximum absolute atomic E-state index is 12.1. The number of benzene rings is 1. The molecule has 8 heteroatoms. The van der Waals surface area contributed by atoms with Gasteiger partial charge in [-0.3, -0.25) is 19.7 Å². The molecule has 23 heavy (non-hydrogen) atoms. The molecule has 0 aliphatic rings. The second-order valence-electron chi connectivity index (χ2n) is 5.15. The van der Waals surface area contributed by atoms with Gasteiger partial charge in [0.05, 0.1) is 4.92 Å². The lowest BCUT2D eigenvalue weighted by atomic mass is 10.1. The fraction of sp³-hybridized carbons (Fsp3) is 0.333. The molecule has 0 aliphatic heterocycles. The Hall–Kier alpha value is -2.74. The topological polar surface area (TPSA) is 105 Å². The van der Waals surface area contributed by atoms with E-state index in [1.165, 1.54) is 31.2 Å². The molecule has 0 spiro atoms. The van der Waals surface area contributed by atoms with E-state index in [2.05, 4.69) is 10.6 Å². The quantitative estimate of drug-likeness (QED) is 0.438. The zero-order valence-corrected chi connectivity index (χ0v) is 13.3. The minimum atomic E-state index is -0.521. The van der Waals surface area contributed by atoms with Gasteiger partial charge < -0.3 is 15.5 Å². The Bertz CT molecular complexity index is 626. The lowest BCUT2D eigenvalue weighted by molar-refractivity contribution is -0.384. The number of carbonyl (C=O) groups excluding carboxylic acids is 2. The van der Waals surface area contributed by atoms with Crippen molar-refractivity contribution in [1.82, 2.24) is 15.5 Å². The average Bonchev–Trinajstić information content (AvgIpc) is 2.45. The molecule has 0 heterocycles. The Morgan fingerprint density at radius 2 is 2.04 bits per heavy atom. The van der Waals surface area contributed by atoms with Crippen LogP contribution in [0.1, 0.15) is 12.5 Å². The van der Waals surface area contributed by atoms with Gasteiger partial charge in [-0.05, 0) is 25.7 Å². The van der Waals surface area contributed by atoms with E-state index in [0.29, 0.717) is 18.7 Å². The molecule has 124 valence electrons. The highest BCUT2D eigenvalue weighted by Crippen LogP contribution is 2.15. The zero-order chi connectivity index (χ0) is 17.4. The van der Waals surface area contributed by atoms with Crippen molar-refractivity contribution in [3.8, 4) is 0 Å². The zero-order valence-electron chi connectivity index (χ0n) is 13.3. The lowest BCUT2D eigenvalue weighted by Gasteiger charge is -2.12. The molecular weight excluding hydrogens is 300 g/mol. The van der Waals surface area contributed by atoms with Gasteiger partial charge in [0.1, 0.15) is 5.70 Å². The van der Waals surface area contributed by atoms with Gasteiger partial charge in [-0.2, -0.15) is 0 Å². The van der Waals surface area contributed by atoms with Crippen LogP contribution in [0.3, 0.4) is 0 Å². The van der Waals surface area contributed by atoms with Gasteiger partial charge in [-0.25, -0.2) is 0 Å². The number of nitro groups is 1. The fourth-order valence-corrected chi connectivity index (χ4v) is 1.73. The number of nitrogens with zero attached hydrogens (tertiary/aromatic N) is 2. The van der Waals surface area contributed by atoms with Crippen LogP contribution >= 0.6 is 0 Å². The van der Waals surface area contributed by atoms with E-state index in [9.17, 15) is 19.7 Å². The van der Waals surface area contributed by atoms with Crippen molar-refractivity contribution in [3.05, 3.63) is 45.6 Å². The second-order valence-corrected chi connectivity index (χ2v) is 5.15. The summed E-state index contributed by atoms with van der Waals surface area (Å²) in [7, 11) is 3.75. The molecule has 0 saturated carbocycles. The van der Waals surface area contributed by atoms with Crippen LogP contribution in [0.5, 0.6) is 0 Å². The van der Waals surface area contributed by atoms with E-state index in [-0.39, 0.29) is 11.4 Å². The van der Waals surface area contributed by atoms with Crippen molar-refractivity contribution in [2.75, 3.05) is 27.2 Å². The van der Waals surface area contributed by atoms with E-state index in [1.807, 2.05) is 19.0 Å². The predicted molar refractivity (Wildman–Crippen MR) is 86.5 cm³/mol. The molecule has 2 amide bonds.